The van der Waals surface area contributed by atoms with Crippen molar-refractivity contribution in [3.63, 3.8) is 0 Å². The van der Waals surface area contributed by atoms with Crippen molar-refractivity contribution in [2.45, 2.75) is 13.5 Å². The molecule has 2 aromatic rings. The number of anilines is 1. The van der Waals surface area contributed by atoms with Gasteiger partial charge in [0.1, 0.15) is 5.69 Å². The van der Waals surface area contributed by atoms with Crippen molar-refractivity contribution in [1.82, 2.24) is 10.3 Å². The van der Waals surface area contributed by atoms with Gasteiger partial charge < -0.3 is 10.6 Å². The van der Waals surface area contributed by atoms with E-state index in [1.807, 2.05) is 38.2 Å². The van der Waals surface area contributed by atoms with Gasteiger partial charge in [0, 0.05) is 17.6 Å². The molecular weight excluding hydrogens is 246 g/mol. The molecule has 0 fully saturated rings. The van der Waals surface area contributed by atoms with E-state index in [1.54, 1.807) is 5.38 Å². The van der Waals surface area contributed by atoms with Gasteiger partial charge in [-0.3, -0.25) is 4.79 Å². The number of aromatic nitrogens is 1. The van der Waals surface area contributed by atoms with E-state index in [-0.39, 0.29) is 5.91 Å². The number of rotatable bonds is 4. The second kappa shape index (κ2) is 5.75. The number of hydrogen-bond acceptors (Lipinski definition) is 4. The van der Waals surface area contributed by atoms with Crippen LogP contribution in [-0.2, 0) is 6.54 Å². The second-order valence-corrected chi connectivity index (χ2v) is 4.96. The van der Waals surface area contributed by atoms with Crippen LogP contribution in [0, 0.1) is 6.92 Å². The molecule has 1 aromatic heterocycles. The Kier molecular flexibility index (Phi) is 4.07. The van der Waals surface area contributed by atoms with Gasteiger partial charge in [-0.15, -0.1) is 11.3 Å². The highest BCUT2D eigenvalue weighted by Gasteiger charge is 2.11. The quantitative estimate of drug-likeness (QED) is 0.888. The number of carbonyl (C=O) groups excluding carboxylic acids is 1. The summed E-state index contributed by atoms with van der Waals surface area (Å²) < 4.78 is 0. The van der Waals surface area contributed by atoms with Crippen molar-refractivity contribution in [2.24, 2.45) is 0 Å². The molecule has 0 radical (unpaired) electrons. The van der Waals surface area contributed by atoms with E-state index in [9.17, 15) is 4.79 Å². The molecule has 0 saturated carbocycles. The number of carbonyl (C=O) groups is 1. The van der Waals surface area contributed by atoms with Crippen molar-refractivity contribution in [3.8, 4) is 0 Å². The van der Waals surface area contributed by atoms with Gasteiger partial charge in [0.05, 0.1) is 5.01 Å². The van der Waals surface area contributed by atoms with Crippen LogP contribution in [0.15, 0.2) is 29.6 Å². The van der Waals surface area contributed by atoms with Gasteiger partial charge in [-0.25, -0.2) is 4.98 Å². The molecule has 0 atom stereocenters. The van der Waals surface area contributed by atoms with Crippen LogP contribution in [0.5, 0.6) is 0 Å². The lowest BCUT2D eigenvalue weighted by molar-refractivity contribution is 0.102. The maximum Gasteiger partial charge on any atom is 0.275 e. The van der Waals surface area contributed by atoms with Gasteiger partial charge >= 0.3 is 0 Å². The average Bonchev–Trinajstić information content (AvgIpc) is 2.79. The molecule has 1 aromatic carbocycles. The molecule has 4 nitrogen and oxygen atoms in total. The van der Waals surface area contributed by atoms with Crippen LogP contribution in [-0.4, -0.2) is 17.9 Å². The Hall–Kier alpha value is -1.72. The Morgan fingerprint density at radius 3 is 2.83 bits per heavy atom. The van der Waals surface area contributed by atoms with Gasteiger partial charge in [-0.1, -0.05) is 18.2 Å². The molecule has 0 aliphatic carbocycles. The maximum absolute atomic E-state index is 12.0. The lowest BCUT2D eigenvalue weighted by Crippen LogP contribution is -2.15. The van der Waals surface area contributed by atoms with E-state index in [0.717, 1.165) is 16.3 Å². The Morgan fingerprint density at radius 1 is 1.39 bits per heavy atom. The SMILES string of the molecule is CNCc1ccccc1NC(=O)c1csc(C)n1. The summed E-state index contributed by atoms with van der Waals surface area (Å²) in [5, 5.41) is 8.63. The first kappa shape index (κ1) is 12.7. The number of benzene rings is 1. The maximum atomic E-state index is 12.0. The van der Waals surface area contributed by atoms with Crippen molar-refractivity contribution >= 4 is 22.9 Å². The molecule has 18 heavy (non-hydrogen) atoms. The molecule has 0 unspecified atom stereocenters. The van der Waals surface area contributed by atoms with Crippen molar-refractivity contribution in [2.75, 3.05) is 12.4 Å². The van der Waals surface area contributed by atoms with Crippen LogP contribution in [0.25, 0.3) is 0 Å². The summed E-state index contributed by atoms with van der Waals surface area (Å²) in [6.07, 6.45) is 0. The van der Waals surface area contributed by atoms with Crippen LogP contribution < -0.4 is 10.6 Å². The normalized spacial score (nSPS) is 10.3. The number of hydrogen-bond donors (Lipinski definition) is 2. The second-order valence-electron chi connectivity index (χ2n) is 3.89. The minimum absolute atomic E-state index is 0.164. The van der Waals surface area contributed by atoms with Crippen LogP contribution in [0.3, 0.4) is 0 Å². The third kappa shape index (κ3) is 2.94. The van der Waals surface area contributed by atoms with E-state index in [4.69, 9.17) is 0 Å². The highest BCUT2D eigenvalue weighted by atomic mass is 32.1. The summed E-state index contributed by atoms with van der Waals surface area (Å²) in [6, 6.07) is 7.73. The molecule has 1 heterocycles. The largest absolute Gasteiger partial charge is 0.320 e. The van der Waals surface area contributed by atoms with Gasteiger partial charge in [-0.05, 0) is 25.6 Å². The molecular formula is C13H15N3OS. The number of thiazole rings is 1. The Balaban J connectivity index is 2.16. The predicted molar refractivity (Wildman–Crippen MR) is 74.0 cm³/mol. The number of para-hydroxylation sites is 1. The van der Waals surface area contributed by atoms with E-state index in [1.165, 1.54) is 11.3 Å². The molecule has 2 N–H and O–H groups in total. The lowest BCUT2D eigenvalue weighted by Gasteiger charge is -2.09. The molecule has 0 aliphatic rings. The zero-order valence-electron chi connectivity index (χ0n) is 10.4. The first-order valence-electron chi connectivity index (χ1n) is 5.66. The van der Waals surface area contributed by atoms with Crippen molar-refractivity contribution in [3.05, 3.63) is 45.9 Å². The summed E-state index contributed by atoms with van der Waals surface area (Å²) >= 11 is 1.47. The Bertz CT molecular complexity index is 551. The first-order valence-corrected chi connectivity index (χ1v) is 6.54. The van der Waals surface area contributed by atoms with Crippen LogP contribution in [0.4, 0.5) is 5.69 Å². The standard InChI is InChI=1S/C13H15N3OS/c1-9-15-12(8-18-9)13(17)16-11-6-4-3-5-10(11)7-14-2/h3-6,8,14H,7H2,1-2H3,(H,16,17). The number of nitrogens with one attached hydrogen (secondary N) is 2. The van der Waals surface area contributed by atoms with E-state index >= 15 is 0 Å². The third-order valence-electron chi connectivity index (χ3n) is 2.48. The van der Waals surface area contributed by atoms with Gasteiger partial charge in [0.15, 0.2) is 0 Å². The number of aryl methyl sites for hydroxylation is 1. The smallest absolute Gasteiger partial charge is 0.275 e. The van der Waals surface area contributed by atoms with E-state index in [2.05, 4.69) is 15.6 Å². The molecule has 0 spiro atoms. The summed E-state index contributed by atoms with van der Waals surface area (Å²) in [5.41, 5.74) is 2.35. The molecule has 1 amide bonds. The fourth-order valence-electron chi connectivity index (χ4n) is 1.64. The highest BCUT2D eigenvalue weighted by Crippen LogP contribution is 2.16. The predicted octanol–water partition coefficient (Wildman–Crippen LogP) is 2.42. The first-order chi connectivity index (χ1) is 8.70. The molecule has 0 saturated heterocycles. The van der Waals surface area contributed by atoms with Crippen LogP contribution in [0.1, 0.15) is 21.1 Å². The van der Waals surface area contributed by atoms with E-state index < -0.39 is 0 Å². The van der Waals surface area contributed by atoms with Crippen molar-refractivity contribution in [1.29, 1.82) is 0 Å². The highest BCUT2D eigenvalue weighted by molar-refractivity contribution is 7.09. The van der Waals surface area contributed by atoms with Crippen LogP contribution in [0.2, 0.25) is 0 Å². The van der Waals surface area contributed by atoms with Crippen LogP contribution >= 0.6 is 11.3 Å². The summed E-state index contributed by atoms with van der Waals surface area (Å²) in [5.74, 6) is -0.164. The topological polar surface area (TPSA) is 54.0 Å². The fraction of sp³-hybridized carbons (Fsp3) is 0.231. The molecule has 94 valence electrons. The lowest BCUT2D eigenvalue weighted by atomic mass is 10.1. The Morgan fingerprint density at radius 2 is 2.17 bits per heavy atom. The Labute approximate surface area is 110 Å². The number of amides is 1. The summed E-state index contributed by atoms with van der Waals surface area (Å²) in [4.78, 5) is 16.2. The fourth-order valence-corrected chi connectivity index (χ4v) is 2.23. The van der Waals surface area contributed by atoms with Gasteiger partial charge in [-0.2, -0.15) is 0 Å². The zero-order chi connectivity index (χ0) is 13.0. The van der Waals surface area contributed by atoms with Crippen molar-refractivity contribution < 1.29 is 4.79 Å². The van der Waals surface area contributed by atoms with Gasteiger partial charge in [0.25, 0.3) is 5.91 Å². The third-order valence-corrected chi connectivity index (χ3v) is 3.26. The molecule has 5 heteroatoms. The summed E-state index contributed by atoms with van der Waals surface area (Å²) in [6.45, 7) is 2.60. The molecule has 0 bridgehead atoms. The van der Waals surface area contributed by atoms with Gasteiger partial charge in [0.2, 0.25) is 0 Å². The minimum Gasteiger partial charge on any atom is -0.320 e. The summed E-state index contributed by atoms with van der Waals surface area (Å²) in [7, 11) is 1.88. The molecule has 0 aliphatic heterocycles. The molecule has 2 rings (SSSR count). The van der Waals surface area contributed by atoms with E-state index in [0.29, 0.717) is 12.2 Å². The minimum atomic E-state index is -0.164. The number of nitrogens with zero attached hydrogens (tertiary/aromatic N) is 1. The zero-order valence-corrected chi connectivity index (χ0v) is 11.2. The average molecular weight is 261 g/mol. The monoisotopic (exact) mass is 261 g/mol.